The lowest BCUT2D eigenvalue weighted by molar-refractivity contribution is 0.279. The van der Waals surface area contributed by atoms with Crippen LogP contribution in [0.25, 0.3) is 11.1 Å². The van der Waals surface area contributed by atoms with Crippen LogP contribution in [-0.2, 0) is 0 Å². The van der Waals surface area contributed by atoms with Gasteiger partial charge in [-0.25, -0.2) is 0 Å². The Morgan fingerprint density at radius 2 is 1.89 bits per heavy atom. The van der Waals surface area contributed by atoms with E-state index in [0.717, 1.165) is 29.7 Å². The van der Waals surface area contributed by atoms with E-state index in [9.17, 15) is 0 Å². The SMILES string of the molecule is NC1(COc2ccc(-c3cccnc3)cc2)CC1. The van der Waals surface area contributed by atoms with E-state index in [4.69, 9.17) is 10.5 Å². The summed E-state index contributed by atoms with van der Waals surface area (Å²) in [5.74, 6) is 0.874. The first-order valence-electron chi connectivity index (χ1n) is 6.17. The van der Waals surface area contributed by atoms with Crippen LogP contribution in [0.2, 0.25) is 0 Å². The monoisotopic (exact) mass is 240 g/mol. The van der Waals surface area contributed by atoms with Crippen molar-refractivity contribution in [1.29, 1.82) is 0 Å². The second kappa shape index (κ2) is 4.42. The second-order valence-corrected chi connectivity index (χ2v) is 4.92. The molecule has 0 unspecified atom stereocenters. The summed E-state index contributed by atoms with van der Waals surface area (Å²) in [4.78, 5) is 4.11. The van der Waals surface area contributed by atoms with Crippen LogP contribution in [0.4, 0.5) is 0 Å². The molecule has 1 saturated carbocycles. The van der Waals surface area contributed by atoms with Crippen LogP contribution in [0.1, 0.15) is 12.8 Å². The number of aromatic nitrogens is 1. The van der Waals surface area contributed by atoms with Gasteiger partial charge in [0.1, 0.15) is 12.4 Å². The molecule has 2 N–H and O–H groups in total. The van der Waals surface area contributed by atoms with Crippen molar-refractivity contribution in [3.05, 3.63) is 48.8 Å². The van der Waals surface area contributed by atoms with Gasteiger partial charge in [0, 0.05) is 12.4 Å². The van der Waals surface area contributed by atoms with Crippen molar-refractivity contribution in [1.82, 2.24) is 4.98 Å². The van der Waals surface area contributed by atoms with Crippen molar-refractivity contribution >= 4 is 0 Å². The average molecular weight is 240 g/mol. The predicted octanol–water partition coefficient (Wildman–Crippen LogP) is 2.62. The molecule has 3 heteroatoms. The average Bonchev–Trinajstić information content (AvgIpc) is 3.17. The van der Waals surface area contributed by atoms with Gasteiger partial charge in [0.25, 0.3) is 0 Å². The molecule has 1 heterocycles. The lowest BCUT2D eigenvalue weighted by atomic mass is 10.1. The summed E-state index contributed by atoms with van der Waals surface area (Å²) in [5, 5.41) is 0. The molecule has 18 heavy (non-hydrogen) atoms. The number of pyridine rings is 1. The number of ether oxygens (including phenoxy) is 1. The fourth-order valence-electron chi connectivity index (χ4n) is 1.81. The molecule has 92 valence electrons. The van der Waals surface area contributed by atoms with E-state index in [1.807, 2.05) is 42.6 Å². The maximum atomic E-state index is 5.98. The van der Waals surface area contributed by atoms with Gasteiger partial charge in [-0.05, 0) is 42.2 Å². The molecule has 0 bridgehead atoms. The van der Waals surface area contributed by atoms with Crippen LogP contribution in [-0.4, -0.2) is 17.1 Å². The highest BCUT2D eigenvalue weighted by Crippen LogP contribution is 2.32. The molecule has 0 radical (unpaired) electrons. The molecule has 0 spiro atoms. The zero-order chi connectivity index (χ0) is 12.4. The largest absolute Gasteiger partial charge is 0.492 e. The minimum Gasteiger partial charge on any atom is -0.492 e. The van der Waals surface area contributed by atoms with Crippen molar-refractivity contribution in [2.75, 3.05) is 6.61 Å². The van der Waals surface area contributed by atoms with E-state index in [-0.39, 0.29) is 5.54 Å². The Bertz CT molecular complexity index is 518. The molecular weight excluding hydrogens is 224 g/mol. The second-order valence-electron chi connectivity index (χ2n) is 4.92. The van der Waals surface area contributed by atoms with Crippen LogP contribution < -0.4 is 10.5 Å². The summed E-state index contributed by atoms with van der Waals surface area (Å²) in [6, 6.07) is 12.0. The third-order valence-electron chi connectivity index (χ3n) is 3.27. The van der Waals surface area contributed by atoms with Gasteiger partial charge in [0.15, 0.2) is 0 Å². The molecule has 1 aliphatic rings. The van der Waals surface area contributed by atoms with Gasteiger partial charge < -0.3 is 10.5 Å². The van der Waals surface area contributed by atoms with E-state index in [1.54, 1.807) is 6.20 Å². The summed E-state index contributed by atoms with van der Waals surface area (Å²) < 4.78 is 5.68. The van der Waals surface area contributed by atoms with E-state index in [1.165, 1.54) is 0 Å². The Kier molecular flexibility index (Phi) is 2.76. The van der Waals surface area contributed by atoms with Crippen molar-refractivity contribution < 1.29 is 4.74 Å². The molecule has 3 rings (SSSR count). The third-order valence-corrected chi connectivity index (χ3v) is 3.27. The van der Waals surface area contributed by atoms with Gasteiger partial charge in [-0.2, -0.15) is 0 Å². The number of benzene rings is 1. The standard InChI is InChI=1S/C15H16N2O/c16-15(7-8-15)11-18-14-5-3-12(4-6-14)13-2-1-9-17-10-13/h1-6,9-10H,7-8,11,16H2. The molecule has 1 aromatic heterocycles. The smallest absolute Gasteiger partial charge is 0.119 e. The van der Waals surface area contributed by atoms with Gasteiger partial charge in [0.05, 0.1) is 5.54 Å². The first-order valence-corrected chi connectivity index (χ1v) is 6.17. The zero-order valence-corrected chi connectivity index (χ0v) is 10.2. The van der Waals surface area contributed by atoms with Crippen LogP contribution >= 0.6 is 0 Å². The van der Waals surface area contributed by atoms with Crippen LogP contribution in [0.3, 0.4) is 0 Å². The maximum Gasteiger partial charge on any atom is 0.119 e. The van der Waals surface area contributed by atoms with Gasteiger partial charge in [0.2, 0.25) is 0 Å². The zero-order valence-electron chi connectivity index (χ0n) is 10.2. The van der Waals surface area contributed by atoms with Gasteiger partial charge in [-0.1, -0.05) is 18.2 Å². The van der Waals surface area contributed by atoms with Crippen LogP contribution in [0.15, 0.2) is 48.8 Å². The lowest BCUT2D eigenvalue weighted by Gasteiger charge is -2.11. The minimum absolute atomic E-state index is 0.0674. The quantitative estimate of drug-likeness (QED) is 0.893. The highest BCUT2D eigenvalue weighted by atomic mass is 16.5. The number of hydrogen-bond donors (Lipinski definition) is 1. The topological polar surface area (TPSA) is 48.1 Å². The molecule has 0 amide bonds. The number of nitrogens with two attached hydrogens (primary N) is 1. The molecule has 0 aliphatic heterocycles. The molecule has 0 saturated heterocycles. The van der Waals surface area contributed by atoms with Crippen molar-refractivity contribution in [2.45, 2.75) is 18.4 Å². The Morgan fingerprint density at radius 3 is 2.50 bits per heavy atom. The molecule has 1 aromatic carbocycles. The third kappa shape index (κ3) is 2.51. The molecular formula is C15H16N2O. The molecule has 1 aliphatic carbocycles. The summed E-state index contributed by atoms with van der Waals surface area (Å²) in [5.41, 5.74) is 8.17. The fourth-order valence-corrected chi connectivity index (χ4v) is 1.81. The van der Waals surface area contributed by atoms with Gasteiger partial charge >= 0.3 is 0 Å². The van der Waals surface area contributed by atoms with Crippen molar-refractivity contribution in [2.24, 2.45) is 5.73 Å². The first kappa shape index (κ1) is 11.2. The van der Waals surface area contributed by atoms with Crippen molar-refractivity contribution in [3.63, 3.8) is 0 Å². The van der Waals surface area contributed by atoms with Crippen LogP contribution in [0, 0.1) is 0 Å². The Labute approximate surface area is 107 Å². The highest BCUT2D eigenvalue weighted by Gasteiger charge is 2.39. The Hall–Kier alpha value is -1.87. The van der Waals surface area contributed by atoms with Crippen molar-refractivity contribution in [3.8, 4) is 16.9 Å². The Morgan fingerprint density at radius 1 is 1.11 bits per heavy atom. The summed E-state index contributed by atoms with van der Waals surface area (Å²) in [6.07, 6.45) is 5.77. The lowest BCUT2D eigenvalue weighted by Crippen LogP contribution is -2.29. The van der Waals surface area contributed by atoms with Gasteiger partial charge in [-0.15, -0.1) is 0 Å². The first-order chi connectivity index (χ1) is 8.75. The Balaban J connectivity index is 1.69. The molecule has 2 aromatic rings. The normalized spacial score (nSPS) is 16.3. The highest BCUT2D eigenvalue weighted by molar-refractivity contribution is 5.62. The van der Waals surface area contributed by atoms with E-state index in [0.29, 0.717) is 6.61 Å². The summed E-state index contributed by atoms with van der Waals surface area (Å²) in [7, 11) is 0. The number of hydrogen-bond acceptors (Lipinski definition) is 3. The summed E-state index contributed by atoms with van der Waals surface area (Å²) >= 11 is 0. The summed E-state index contributed by atoms with van der Waals surface area (Å²) in [6.45, 7) is 0.610. The predicted molar refractivity (Wildman–Crippen MR) is 71.3 cm³/mol. The fraction of sp³-hybridized carbons (Fsp3) is 0.267. The maximum absolute atomic E-state index is 5.98. The van der Waals surface area contributed by atoms with Crippen LogP contribution in [0.5, 0.6) is 5.75 Å². The van der Waals surface area contributed by atoms with E-state index < -0.39 is 0 Å². The molecule has 1 fully saturated rings. The van der Waals surface area contributed by atoms with E-state index in [2.05, 4.69) is 4.98 Å². The van der Waals surface area contributed by atoms with Gasteiger partial charge in [-0.3, -0.25) is 4.98 Å². The molecule has 3 nitrogen and oxygen atoms in total. The van der Waals surface area contributed by atoms with E-state index >= 15 is 0 Å². The number of nitrogens with zero attached hydrogens (tertiary/aromatic N) is 1. The molecule has 0 atom stereocenters. The number of rotatable bonds is 4. The minimum atomic E-state index is -0.0674.